The molecule has 0 unspecified atom stereocenters. The van der Waals surface area contributed by atoms with E-state index in [4.69, 9.17) is 16.3 Å². The summed E-state index contributed by atoms with van der Waals surface area (Å²) >= 11 is 7.33. The molecule has 7 nitrogen and oxygen atoms in total. The molecular weight excluding hydrogens is 458 g/mol. The first-order chi connectivity index (χ1) is 16.1. The number of hydrogen-bond acceptors (Lipinski definition) is 7. The molecule has 0 bridgehead atoms. The molecular formula is C24H16ClN5O2S. The predicted octanol–water partition coefficient (Wildman–Crippen LogP) is 5.73. The maximum absolute atomic E-state index is 13.1. The minimum absolute atomic E-state index is 0.345. The second kappa shape index (κ2) is 8.93. The number of carbonyl (C=O) groups is 1. The third-order valence-corrected chi connectivity index (χ3v) is 6.18. The van der Waals surface area contributed by atoms with E-state index in [1.54, 1.807) is 19.5 Å². The lowest BCUT2D eigenvalue weighted by molar-refractivity contribution is 0.102. The lowest BCUT2D eigenvalue weighted by Gasteiger charge is -2.11. The molecule has 33 heavy (non-hydrogen) atoms. The minimum atomic E-state index is -0.345. The van der Waals surface area contributed by atoms with Crippen LogP contribution in [0.3, 0.4) is 0 Å². The highest BCUT2D eigenvalue weighted by molar-refractivity contribution is 7.22. The molecule has 0 aliphatic carbocycles. The Morgan fingerprint density at radius 3 is 2.58 bits per heavy atom. The van der Waals surface area contributed by atoms with Crippen molar-refractivity contribution in [1.82, 2.24) is 20.2 Å². The fourth-order valence-corrected chi connectivity index (χ4v) is 4.41. The molecule has 5 aromatic rings. The van der Waals surface area contributed by atoms with Crippen molar-refractivity contribution in [3.05, 3.63) is 83.8 Å². The Bertz CT molecular complexity index is 1470. The standard InChI is InChI=1S/C24H16ClN5O2S/c1-32-20-5-3-2-4-17(20)18-12-27-28-13-19(18)23(31)30-24-29-22-21(33-24)10-15(11-26-22)14-6-8-16(25)9-7-14/h2-13H,1H3,(H,26,29,30,31). The van der Waals surface area contributed by atoms with Crippen LogP contribution in [0.25, 0.3) is 32.6 Å². The monoisotopic (exact) mass is 473 g/mol. The van der Waals surface area contributed by atoms with Gasteiger partial charge < -0.3 is 4.74 Å². The predicted molar refractivity (Wildman–Crippen MR) is 130 cm³/mol. The Morgan fingerprint density at radius 1 is 0.970 bits per heavy atom. The van der Waals surface area contributed by atoms with Crippen molar-refractivity contribution < 1.29 is 9.53 Å². The largest absolute Gasteiger partial charge is 0.496 e. The van der Waals surface area contributed by atoms with Gasteiger partial charge in [0.05, 0.1) is 29.8 Å². The molecule has 0 saturated carbocycles. The summed E-state index contributed by atoms with van der Waals surface area (Å²) in [5.74, 6) is 0.293. The molecule has 0 spiro atoms. The van der Waals surface area contributed by atoms with Crippen molar-refractivity contribution >= 4 is 44.3 Å². The SMILES string of the molecule is COc1ccccc1-c1cnncc1C(=O)Nc1nc2ncc(-c3ccc(Cl)cc3)cc2s1. The summed E-state index contributed by atoms with van der Waals surface area (Å²) in [7, 11) is 1.58. The van der Waals surface area contributed by atoms with Crippen molar-refractivity contribution in [1.29, 1.82) is 0 Å². The van der Waals surface area contributed by atoms with Crippen LogP contribution in [-0.2, 0) is 0 Å². The highest BCUT2D eigenvalue weighted by atomic mass is 35.5. The van der Waals surface area contributed by atoms with Gasteiger partial charge in [0, 0.05) is 27.9 Å². The first-order valence-corrected chi connectivity index (χ1v) is 11.1. The number of nitrogens with one attached hydrogen (secondary N) is 1. The van der Waals surface area contributed by atoms with Crippen molar-refractivity contribution in [3.63, 3.8) is 0 Å². The number of ether oxygens (including phenoxy) is 1. The normalized spacial score (nSPS) is 10.8. The van der Waals surface area contributed by atoms with Gasteiger partial charge in [-0.1, -0.05) is 53.3 Å². The maximum atomic E-state index is 13.1. The van der Waals surface area contributed by atoms with Gasteiger partial charge in [-0.25, -0.2) is 4.98 Å². The molecule has 0 fully saturated rings. The van der Waals surface area contributed by atoms with E-state index in [-0.39, 0.29) is 5.91 Å². The lowest BCUT2D eigenvalue weighted by Crippen LogP contribution is -2.14. The molecule has 0 radical (unpaired) electrons. The van der Waals surface area contributed by atoms with E-state index in [0.717, 1.165) is 21.4 Å². The number of carbonyl (C=O) groups excluding carboxylic acids is 1. The summed E-state index contributed by atoms with van der Waals surface area (Å²) < 4.78 is 6.30. The van der Waals surface area contributed by atoms with E-state index in [2.05, 4.69) is 25.5 Å². The maximum Gasteiger partial charge on any atom is 0.259 e. The summed E-state index contributed by atoms with van der Waals surface area (Å²) in [6.07, 6.45) is 4.73. The third-order valence-electron chi connectivity index (χ3n) is 5.02. The summed E-state index contributed by atoms with van der Waals surface area (Å²) in [5.41, 5.74) is 4.23. The number of hydrogen-bond donors (Lipinski definition) is 1. The number of para-hydroxylation sites is 1. The van der Waals surface area contributed by atoms with Gasteiger partial charge in [0.2, 0.25) is 0 Å². The molecule has 2 aromatic carbocycles. The Morgan fingerprint density at radius 2 is 1.76 bits per heavy atom. The van der Waals surface area contributed by atoms with Gasteiger partial charge in [-0.2, -0.15) is 15.2 Å². The number of benzene rings is 2. The number of halogens is 1. The van der Waals surface area contributed by atoms with E-state index in [9.17, 15) is 4.79 Å². The van der Waals surface area contributed by atoms with Gasteiger partial charge >= 0.3 is 0 Å². The number of methoxy groups -OCH3 is 1. The van der Waals surface area contributed by atoms with Gasteiger partial charge in [0.15, 0.2) is 10.8 Å². The highest BCUT2D eigenvalue weighted by Gasteiger charge is 2.18. The topological polar surface area (TPSA) is 89.9 Å². The third kappa shape index (κ3) is 4.26. The van der Waals surface area contributed by atoms with Gasteiger partial charge in [-0.15, -0.1) is 0 Å². The van der Waals surface area contributed by atoms with Crippen LogP contribution in [0.5, 0.6) is 5.75 Å². The molecule has 1 amide bonds. The van der Waals surface area contributed by atoms with Crippen molar-refractivity contribution in [3.8, 4) is 28.0 Å². The number of anilines is 1. The number of amides is 1. The average Bonchev–Trinajstić information content (AvgIpc) is 3.26. The second-order valence-corrected chi connectivity index (χ2v) is 8.51. The van der Waals surface area contributed by atoms with Crippen LogP contribution < -0.4 is 10.1 Å². The van der Waals surface area contributed by atoms with Gasteiger partial charge in [-0.3, -0.25) is 10.1 Å². The van der Waals surface area contributed by atoms with Crippen LogP contribution in [0.4, 0.5) is 5.13 Å². The summed E-state index contributed by atoms with van der Waals surface area (Å²) in [4.78, 5) is 22.0. The van der Waals surface area contributed by atoms with Crippen LogP contribution >= 0.6 is 22.9 Å². The van der Waals surface area contributed by atoms with Crippen LogP contribution in [0.1, 0.15) is 10.4 Å². The quantitative estimate of drug-likeness (QED) is 0.350. The molecule has 1 N–H and O–H groups in total. The molecule has 3 heterocycles. The number of fused-ring (bicyclic) bond motifs is 1. The first kappa shape index (κ1) is 21.0. The van der Waals surface area contributed by atoms with Crippen molar-refractivity contribution in [2.45, 2.75) is 0 Å². The number of rotatable bonds is 5. The van der Waals surface area contributed by atoms with Crippen molar-refractivity contribution in [2.24, 2.45) is 0 Å². The molecule has 0 aliphatic heterocycles. The molecule has 0 atom stereocenters. The van der Waals surface area contributed by atoms with Gasteiger partial charge in [0.25, 0.3) is 5.91 Å². The Labute approximate surface area is 198 Å². The zero-order valence-electron chi connectivity index (χ0n) is 17.3. The lowest BCUT2D eigenvalue weighted by atomic mass is 10.0. The molecule has 0 aliphatic rings. The number of pyridine rings is 1. The Balaban J connectivity index is 1.45. The first-order valence-electron chi connectivity index (χ1n) is 9.90. The molecule has 9 heteroatoms. The summed E-state index contributed by atoms with van der Waals surface area (Å²) in [6, 6.07) is 17.0. The van der Waals surface area contributed by atoms with E-state index in [0.29, 0.717) is 32.7 Å². The highest BCUT2D eigenvalue weighted by Crippen LogP contribution is 2.33. The van der Waals surface area contributed by atoms with E-state index >= 15 is 0 Å². The molecule has 5 rings (SSSR count). The van der Waals surface area contributed by atoms with Crippen LogP contribution in [-0.4, -0.2) is 33.2 Å². The van der Waals surface area contributed by atoms with Crippen LogP contribution in [0.2, 0.25) is 5.02 Å². The smallest absolute Gasteiger partial charge is 0.259 e. The summed E-state index contributed by atoms with van der Waals surface area (Å²) in [5, 5.41) is 11.8. The average molecular weight is 474 g/mol. The number of aromatic nitrogens is 4. The van der Waals surface area contributed by atoms with Gasteiger partial charge in [-0.05, 0) is 29.8 Å². The minimum Gasteiger partial charge on any atom is -0.496 e. The molecule has 162 valence electrons. The zero-order valence-corrected chi connectivity index (χ0v) is 18.9. The fraction of sp³-hybridized carbons (Fsp3) is 0.0417. The van der Waals surface area contributed by atoms with E-state index in [1.165, 1.54) is 17.5 Å². The molecule has 3 aromatic heterocycles. The fourth-order valence-electron chi connectivity index (χ4n) is 3.42. The van der Waals surface area contributed by atoms with E-state index < -0.39 is 0 Å². The van der Waals surface area contributed by atoms with E-state index in [1.807, 2.05) is 54.6 Å². The van der Waals surface area contributed by atoms with Crippen LogP contribution in [0, 0.1) is 0 Å². The van der Waals surface area contributed by atoms with Crippen LogP contribution in [0.15, 0.2) is 73.2 Å². The van der Waals surface area contributed by atoms with Crippen molar-refractivity contribution in [2.75, 3.05) is 12.4 Å². The Hall–Kier alpha value is -3.88. The number of thiazole rings is 1. The van der Waals surface area contributed by atoms with Gasteiger partial charge in [0.1, 0.15) is 5.75 Å². The zero-order chi connectivity index (χ0) is 22.8. The Kier molecular flexibility index (Phi) is 5.68. The summed E-state index contributed by atoms with van der Waals surface area (Å²) in [6.45, 7) is 0. The molecule has 0 saturated heterocycles. The number of nitrogens with zero attached hydrogens (tertiary/aromatic N) is 4. The second-order valence-electron chi connectivity index (χ2n) is 7.04.